The first-order valence-electron chi connectivity index (χ1n) is 3.81. The summed E-state index contributed by atoms with van der Waals surface area (Å²) in [6.45, 7) is 4.43. The van der Waals surface area contributed by atoms with Crippen molar-refractivity contribution in [2.45, 2.75) is 18.9 Å². The molecule has 1 saturated heterocycles. The molecule has 0 aliphatic carbocycles. The molecule has 3 heteroatoms. The fraction of sp³-hybridized carbons (Fsp3) is 0.625. The predicted molar refractivity (Wildman–Crippen MR) is 42.3 cm³/mol. The van der Waals surface area contributed by atoms with Crippen LogP contribution in [0.25, 0.3) is 0 Å². The molecule has 1 fully saturated rings. The Morgan fingerprint density at radius 3 is 3.00 bits per heavy atom. The van der Waals surface area contributed by atoms with Gasteiger partial charge in [-0.1, -0.05) is 6.08 Å². The lowest BCUT2D eigenvalue weighted by molar-refractivity contribution is -0.139. The van der Waals surface area contributed by atoms with Gasteiger partial charge in [-0.2, -0.15) is 0 Å². The molecular formula is C8H13NO2. The first kappa shape index (κ1) is 8.27. The summed E-state index contributed by atoms with van der Waals surface area (Å²) in [5.74, 6) is -0.273. The predicted octanol–water partition coefficient (Wildman–Crippen LogP) is 0.625. The Bertz CT molecular complexity index is 167. The van der Waals surface area contributed by atoms with Crippen LogP contribution in [0, 0.1) is 5.92 Å². The van der Waals surface area contributed by atoms with Gasteiger partial charge in [0.25, 0.3) is 0 Å². The van der Waals surface area contributed by atoms with Crippen LogP contribution in [0.5, 0.6) is 0 Å². The van der Waals surface area contributed by atoms with Crippen LogP contribution in [0.4, 0.5) is 0 Å². The Morgan fingerprint density at radius 2 is 2.55 bits per heavy atom. The molecule has 0 spiro atoms. The number of carboxylic acid groups (broad SMARTS) is 1. The highest BCUT2D eigenvalue weighted by Crippen LogP contribution is 2.17. The molecule has 1 heterocycles. The van der Waals surface area contributed by atoms with Crippen molar-refractivity contribution in [1.29, 1.82) is 0 Å². The molecule has 0 aromatic heterocycles. The van der Waals surface area contributed by atoms with Crippen LogP contribution >= 0.6 is 0 Å². The van der Waals surface area contributed by atoms with Gasteiger partial charge in [0, 0.05) is 0 Å². The first-order valence-corrected chi connectivity index (χ1v) is 3.81. The number of hydrogen-bond acceptors (Lipinski definition) is 2. The maximum absolute atomic E-state index is 10.5. The Hall–Kier alpha value is -0.830. The Morgan fingerprint density at radius 1 is 1.82 bits per heavy atom. The quantitative estimate of drug-likeness (QED) is 0.587. The summed E-state index contributed by atoms with van der Waals surface area (Å²) in [6, 6.07) is -0.333. The van der Waals surface area contributed by atoms with Crippen molar-refractivity contribution >= 4 is 5.97 Å². The topological polar surface area (TPSA) is 49.3 Å². The van der Waals surface area contributed by atoms with E-state index in [0.717, 1.165) is 19.4 Å². The van der Waals surface area contributed by atoms with Gasteiger partial charge in [-0.05, 0) is 25.3 Å². The molecule has 2 N–H and O–H groups in total. The molecule has 2 atom stereocenters. The lowest BCUT2D eigenvalue weighted by Gasteiger charge is -2.02. The summed E-state index contributed by atoms with van der Waals surface area (Å²) in [5, 5.41) is 11.6. The van der Waals surface area contributed by atoms with Gasteiger partial charge in [0.15, 0.2) is 0 Å². The normalized spacial score (nSPS) is 30.2. The smallest absolute Gasteiger partial charge is 0.320 e. The van der Waals surface area contributed by atoms with Gasteiger partial charge in [-0.15, -0.1) is 6.58 Å². The van der Waals surface area contributed by atoms with Crippen molar-refractivity contribution in [1.82, 2.24) is 5.32 Å². The number of allylic oxidation sites excluding steroid dienone is 1. The van der Waals surface area contributed by atoms with Crippen LogP contribution in [0.15, 0.2) is 12.7 Å². The highest BCUT2D eigenvalue weighted by atomic mass is 16.4. The number of nitrogens with one attached hydrogen (secondary N) is 1. The lowest BCUT2D eigenvalue weighted by Crippen LogP contribution is -2.29. The van der Waals surface area contributed by atoms with E-state index in [1.54, 1.807) is 0 Å². The van der Waals surface area contributed by atoms with Crippen LogP contribution in [0.3, 0.4) is 0 Å². The fourth-order valence-electron chi connectivity index (χ4n) is 1.41. The molecule has 0 radical (unpaired) electrons. The molecule has 0 aromatic carbocycles. The van der Waals surface area contributed by atoms with Gasteiger partial charge in [-0.25, -0.2) is 0 Å². The maximum atomic E-state index is 10.5. The Balaban J connectivity index is 2.34. The third-order valence-corrected chi connectivity index (χ3v) is 2.02. The third-order valence-electron chi connectivity index (χ3n) is 2.02. The van der Waals surface area contributed by atoms with Crippen molar-refractivity contribution in [3.8, 4) is 0 Å². The van der Waals surface area contributed by atoms with Gasteiger partial charge in [0.1, 0.15) is 6.04 Å². The molecule has 3 nitrogen and oxygen atoms in total. The third kappa shape index (κ3) is 2.05. The van der Waals surface area contributed by atoms with E-state index in [0.29, 0.717) is 5.92 Å². The minimum Gasteiger partial charge on any atom is -0.480 e. The van der Waals surface area contributed by atoms with Crippen LogP contribution in [-0.4, -0.2) is 23.7 Å². The minimum absolute atomic E-state index is 0.333. The van der Waals surface area contributed by atoms with E-state index in [9.17, 15) is 4.79 Å². The molecule has 0 bridgehead atoms. The highest BCUT2D eigenvalue weighted by molar-refractivity contribution is 5.73. The van der Waals surface area contributed by atoms with Gasteiger partial charge in [0.2, 0.25) is 0 Å². The molecule has 2 unspecified atom stereocenters. The van der Waals surface area contributed by atoms with E-state index in [2.05, 4.69) is 11.9 Å². The summed E-state index contributed by atoms with van der Waals surface area (Å²) < 4.78 is 0. The van der Waals surface area contributed by atoms with Crippen molar-refractivity contribution in [2.24, 2.45) is 5.92 Å². The fourth-order valence-corrected chi connectivity index (χ4v) is 1.41. The second-order valence-corrected chi connectivity index (χ2v) is 2.93. The van der Waals surface area contributed by atoms with Crippen LogP contribution in [-0.2, 0) is 4.79 Å². The van der Waals surface area contributed by atoms with Crippen LogP contribution in [0.2, 0.25) is 0 Å². The zero-order chi connectivity index (χ0) is 8.27. The van der Waals surface area contributed by atoms with Crippen LogP contribution < -0.4 is 5.32 Å². The monoisotopic (exact) mass is 155 g/mol. The molecule has 0 aromatic rings. The zero-order valence-electron chi connectivity index (χ0n) is 6.42. The van der Waals surface area contributed by atoms with Crippen molar-refractivity contribution < 1.29 is 9.90 Å². The molecule has 0 amide bonds. The molecular weight excluding hydrogens is 142 g/mol. The van der Waals surface area contributed by atoms with E-state index in [1.165, 1.54) is 0 Å². The molecule has 1 aliphatic heterocycles. The van der Waals surface area contributed by atoms with E-state index in [4.69, 9.17) is 5.11 Å². The maximum Gasteiger partial charge on any atom is 0.320 e. The Labute approximate surface area is 66.1 Å². The highest BCUT2D eigenvalue weighted by Gasteiger charge is 2.27. The summed E-state index contributed by atoms with van der Waals surface area (Å²) in [5.41, 5.74) is 0. The molecule has 62 valence electrons. The molecule has 1 rings (SSSR count). The average molecular weight is 155 g/mol. The second-order valence-electron chi connectivity index (χ2n) is 2.93. The number of aliphatic carboxylic acids is 1. The lowest BCUT2D eigenvalue weighted by atomic mass is 10.0. The van der Waals surface area contributed by atoms with Gasteiger partial charge in [-0.3, -0.25) is 4.79 Å². The average Bonchev–Trinajstić information content (AvgIpc) is 2.37. The summed E-state index contributed by atoms with van der Waals surface area (Å²) in [6.07, 6.45) is 3.49. The van der Waals surface area contributed by atoms with Crippen molar-refractivity contribution in [3.63, 3.8) is 0 Å². The van der Waals surface area contributed by atoms with E-state index in [-0.39, 0.29) is 6.04 Å². The second kappa shape index (κ2) is 3.53. The van der Waals surface area contributed by atoms with Gasteiger partial charge in [0.05, 0.1) is 0 Å². The van der Waals surface area contributed by atoms with Gasteiger partial charge >= 0.3 is 5.97 Å². The van der Waals surface area contributed by atoms with Crippen LogP contribution in [0.1, 0.15) is 12.8 Å². The van der Waals surface area contributed by atoms with E-state index < -0.39 is 5.97 Å². The molecule has 11 heavy (non-hydrogen) atoms. The summed E-state index contributed by atoms with van der Waals surface area (Å²) >= 11 is 0. The van der Waals surface area contributed by atoms with Crippen molar-refractivity contribution in [2.75, 3.05) is 6.54 Å². The first-order chi connectivity index (χ1) is 5.24. The SMILES string of the molecule is C=CCC1CNC(C(=O)O)C1. The number of rotatable bonds is 3. The summed E-state index contributed by atoms with van der Waals surface area (Å²) in [7, 11) is 0. The molecule has 1 aliphatic rings. The number of carbonyl (C=O) groups is 1. The largest absolute Gasteiger partial charge is 0.480 e. The molecule has 0 saturated carbocycles. The van der Waals surface area contributed by atoms with E-state index in [1.807, 2.05) is 6.08 Å². The standard InChI is InChI=1S/C8H13NO2/c1-2-3-6-4-7(8(10)11)9-5-6/h2,6-7,9H,1,3-5H2,(H,10,11). The summed E-state index contributed by atoms with van der Waals surface area (Å²) in [4.78, 5) is 10.5. The number of carboxylic acids is 1. The van der Waals surface area contributed by atoms with Crippen molar-refractivity contribution in [3.05, 3.63) is 12.7 Å². The Kier molecular flexibility index (Phi) is 2.65. The zero-order valence-corrected chi connectivity index (χ0v) is 6.42. The number of hydrogen-bond donors (Lipinski definition) is 2. The van der Waals surface area contributed by atoms with Gasteiger partial charge < -0.3 is 10.4 Å². The van der Waals surface area contributed by atoms with E-state index >= 15 is 0 Å². The minimum atomic E-state index is -0.739.